The van der Waals surface area contributed by atoms with Crippen LogP contribution in [0.2, 0.25) is 0 Å². The Bertz CT molecular complexity index is 538. The van der Waals surface area contributed by atoms with Crippen LogP contribution in [0.5, 0.6) is 0 Å². The third kappa shape index (κ3) is 2.50. The van der Waals surface area contributed by atoms with Gasteiger partial charge in [-0.25, -0.2) is 0 Å². The number of hydrogen-bond donors (Lipinski definition) is 2. The van der Waals surface area contributed by atoms with Crippen molar-refractivity contribution in [2.45, 2.75) is 12.1 Å². The summed E-state index contributed by atoms with van der Waals surface area (Å²) in [6.45, 7) is 1.89. The van der Waals surface area contributed by atoms with Crippen LogP contribution >= 0.6 is 11.8 Å². The largest absolute Gasteiger partial charge is 0.409 e. The lowest BCUT2D eigenvalue weighted by atomic mass is 10.2. The summed E-state index contributed by atoms with van der Waals surface area (Å²) < 4.78 is 1.91. The lowest BCUT2D eigenvalue weighted by molar-refractivity contribution is 0.315. The van der Waals surface area contributed by atoms with Crippen molar-refractivity contribution >= 4 is 23.2 Å². The SMILES string of the molecule is CC(CSc1nnc2ccccn12)C(N)=NO. The Balaban J connectivity index is 2.09. The Morgan fingerprint density at radius 1 is 1.59 bits per heavy atom. The van der Waals surface area contributed by atoms with E-state index in [2.05, 4.69) is 15.4 Å². The zero-order valence-corrected chi connectivity index (χ0v) is 10.1. The Hall–Kier alpha value is -1.76. The molecule has 90 valence electrons. The molecule has 0 amide bonds. The average molecular weight is 251 g/mol. The van der Waals surface area contributed by atoms with Gasteiger partial charge in [-0.3, -0.25) is 4.40 Å². The molecule has 1 atom stereocenters. The Morgan fingerprint density at radius 2 is 2.41 bits per heavy atom. The van der Waals surface area contributed by atoms with E-state index >= 15 is 0 Å². The second kappa shape index (κ2) is 5.05. The number of fused-ring (bicyclic) bond motifs is 1. The maximum Gasteiger partial charge on any atom is 0.195 e. The first-order valence-electron chi connectivity index (χ1n) is 5.12. The Kier molecular flexibility index (Phi) is 3.48. The third-order valence-electron chi connectivity index (χ3n) is 2.37. The lowest BCUT2D eigenvalue weighted by Gasteiger charge is -2.07. The molecule has 1 unspecified atom stereocenters. The molecule has 3 N–H and O–H groups in total. The van der Waals surface area contributed by atoms with Gasteiger partial charge >= 0.3 is 0 Å². The van der Waals surface area contributed by atoms with Gasteiger partial charge < -0.3 is 10.9 Å². The molecule has 2 rings (SSSR count). The van der Waals surface area contributed by atoms with Gasteiger partial charge in [0.1, 0.15) is 5.84 Å². The first kappa shape index (κ1) is 11.7. The lowest BCUT2D eigenvalue weighted by Crippen LogP contribution is -2.23. The van der Waals surface area contributed by atoms with Gasteiger partial charge in [0, 0.05) is 17.9 Å². The van der Waals surface area contributed by atoms with Crippen molar-refractivity contribution in [3.8, 4) is 0 Å². The van der Waals surface area contributed by atoms with Crippen molar-refractivity contribution in [1.29, 1.82) is 0 Å². The molecule has 0 aliphatic heterocycles. The monoisotopic (exact) mass is 251 g/mol. The number of thioether (sulfide) groups is 1. The first-order valence-corrected chi connectivity index (χ1v) is 6.11. The highest BCUT2D eigenvalue weighted by molar-refractivity contribution is 7.99. The summed E-state index contributed by atoms with van der Waals surface area (Å²) in [6, 6.07) is 5.73. The van der Waals surface area contributed by atoms with Crippen molar-refractivity contribution in [1.82, 2.24) is 14.6 Å². The van der Waals surface area contributed by atoms with E-state index in [1.807, 2.05) is 35.7 Å². The molecular formula is C10H13N5OS. The highest BCUT2D eigenvalue weighted by Crippen LogP contribution is 2.19. The molecule has 0 fully saturated rings. The number of hydrogen-bond acceptors (Lipinski definition) is 5. The van der Waals surface area contributed by atoms with Crippen LogP contribution < -0.4 is 5.73 Å². The van der Waals surface area contributed by atoms with Gasteiger partial charge in [-0.15, -0.1) is 10.2 Å². The van der Waals surface area contributed by atoms with E-state index in [1.54, 1.807) is 0 Å². The van der Waals surface area contributed by atoms with E-state index in [0.29, 0.717) is 5.75 Å². The van der Waals surface area contributed by atoms with Gasteiger partial charge in [-0.05, 0) is 12.1 Å². The normalized spacial score (nSPS) is 14.1. The molecule has 17 heavy (non-hydrogen) atoms. The molecule has 2 heterocycles. The number of aromatic nitrogens is 3. The Labute approximate surface area is 103 Å². The van der Waals surface area contributed by atoms with Gasteiger partial charge in [-0.1, -0.05) is 29.9 Å². The van der Waals surface area contributed by atoms with Crippen LogP contribution in [0.3, 0.4) is 0 Å². The van der Waals surface area contributed by atoms with Crippen LogP contribution in [0.4, 0.5) is 0 Å². The van der Waals surface area contributed by atoms with E-state index in [4.69, 9.17) is 10.9 Å². The average Bonchev–Trinajstić information content (AvgIpc) is 2.78. The van der Waals surface area contributed by atoms with Crippen molar-refractivity contribution in [3.63, 3.8) is 0 Å². The molecule has 0 radical (unpaired) electrons. The number of nitrogens with zero attached hydrogens (tertiary/aromatic N) is 4. The van der Waals surface area contributed by atoms with Gasteiger partial charge in [0.25, 0.3) is 0 Å². The number of rotatable bonds is 4. The van der Waals surface area contributed by atoms with Crippen LogP contribution in [0.15, 0.2) is 34.7 Å². The number of pyridine rings is 1. The van der Waals surface area contributed by atoms with E-state index < -0.39 is 0 Å². The summed E-state index contributed by atoms with van der Waals surface area (Å²) in [5.74, 6) is 0.901. The predicted molar refractivity (Wildman–Crippen MR) is 66.3 cm³/mol. The summed E-state index contributed by atoms with van der Waals surface area (Å²) in [5.41, 5.74) is 6.32. The van der Waals surface area contributed by atoms with Crippen molar-refractivity contribution < 1.29 is 5.21 Å². The molecule has 0 aliphatic carbocycles. The van der Waals surface area contributed by atoms with Crippen LogP contribution in [-0.4, -0.2) is 31.4 Å². The van der Waals surface area contributed by atoms with Gasteiger partial charge in [0.2, 0.25) is 0 Å². The third-order valence-corrected chi connectivity index (χ3v) is 3.57. The summed E-state index contributed by atoms with van der Waals surface area (Å²) in [6.07, 6.45) is 1.91. The molecule has 0 spiro atoms. The second-order valence-corrected chi connectivity index (χ2v) is 4.64. The minimum absolute atomic E-state index is 0.0129. The Morgan fingerprint density at radius 3 is 3.18 bits per heavy atom. The topological polar surface area (TPSA) is 88.8 Å². The molecule has 0 bridgehead atoms. The van der Waals surface area contributed by atoms with Crippen molar-refractivity contribution in [2.75, 3.05) is 5.75 Å². The first-order chi connectivity index (χ1) is 8.22. The molecule has 2 aromatic rings. The quantitative estimate of drug-likeness (QED) is 0.280. The van der Waals surface area contributed by atoms with E-state index in [1.165, 1.54) is 11.8 Å². The molecule has 6 nitrogen and oxygen atoms in total. The van der Waals surface area contributed by atoms with Crippen LogP contribution in [-0.2, 0) is 0 Å². The minimum Gasteiger partial charge on any atom is -0.409 e. The molecular weight excluding hydrogens is 238 g/mol. The molecule has 7 heteroatoms. The number of oxime groups is 1. The fourth-order valence-corrected chi connectivity index (χ4v) is 2.26. The van der Waals surface area contributed by atoms with Crippen LogP contribution in [0.1, 0.15) is 6.92 Å². The number of nitrogens with two attached hydrogens (primary N) is 1. The molecule has 2 aromatic heterocycles. The maximum atomic E-state index is 8.55. The van der Waals surface area contributed by atoms with Crippen LogP contribution in [0, 0.1) is 5.92 Å². The molecule has 0 aromatic carbocycles. The summed E-state index contributed by atoms with van der Waals surface area (Å²) in [7, 11) is 0. The fraction of sp³-hybridized carbons (Fsp3) is 0.300. The van der Waals surface area contributed by atoms with Gasteiger partial charge in [-0.2, -0.15) is 0 Å². The summed E-state index contributed by atoms with van der Waals surface area (Å²) >= 11 is 1.53. The zero-order chi connectivity index (χ0) is 12.3. The molecule has 0 saturated heterocycles. The highest BCUT2D eigenvalue weighted by Gasteiger charge is 2.11. The van der Waals surface area contributed by atoms with Gasteiger partial charge in [0.15, 0.2) is 10.8 Å². The zero-order valence-electron chi connectivity index (χ0n) is 9.32. The van der Waals surface area contributed by atoms with E-state index in [9.17, 15) is 0 Å². The predicted octanol–water partition coefficient (Wildman–Crippen LogP) is 1.20. The highest BCUT2D eigenvalue weighted by atomic mass is 32.2. The molecule has 0 aliphatic rings. The smallest absolute Gasteiger partial charge is 0.195 e. The number of amidine groups is 1. The standard InChI is InChI=1S/C10H13N5OS/c1-7(9(11)14-16)6-17-10-13-12-8-4-2-3-5-15(8)10/h2-5,7,16H,6H2,1H3,(H2,11,14). The van der Waals surface area contributed by atoms with E-state index in [0.717, 1.165) is 10.8 Å². The fourth-order valence-electron chi connectivity index (χ4n) is 1.30. The summed E-state index contributed by atoms with van der Waals surface area (Å²) in [4.78, 5) is 0. The second-order valence-electron chi connectivity index (χ2n) is 3.65. The van der Waals surface area contributed by atoms with Crippen molar-refractivity contribution in [2.24, 2.45) is 16.8 Å². The maximum absolute atomic E-state index is 8.55. The van der Waals surface area contributed by atoms with Gasteiger partial charge in [0.05, 0.1) is 0 Å². The van der Waals surface area contributed by atoms with E-state index in [-0.39, 0.29) is 11.8 Å². The van der Waals surface area contributed by atoms with Crippen LogP contribution in [0.25, 0.3) is 5.65 Å². The molecule has 0 saturated carbocycles. The minimum atomic E-state index is -0.0129. The van der Waals surface area contributed by atoms with Crippen molar-refractivity contribution in [3.05, 3.63) is 24.4 Å². The summed E-state index contributed by atoms with van der Waals surface area (Å²) in [5, 5.41) is 20.5.